The average Bonchev–Trinajstić information content (AvgIpc) is 2.15. The molecule has 0 radical (unpaired) electrons. The van der Waals surface area contributed by atoms with E-state index < -0.39 is 0 Å². The lowest BCUT2D eigenvalue weighted by molar-refractivity contribution is 0.248. The topological polar surface area (TPSA) is 0 Å². The summed E-state index contributed by atoms with van der Waals surface area (Å²) >= 11 is 5.69. The van der Waals surface area contributed by atoms with E-state index in [1.54, 1.807) is 0 Å². The summed E-state index contributed by atoms with van der Waals surface area (Å²) in [6, 6.07) is 0. The van der Waals surface area contributed by atoms with Crippen molar-refractivity contribution in [2.45, 2.75) is 51.9 Å². The first kappa shape index (κ1) is 10.4. The zero-order valence-electron chi connectivity index (χ0n) is 8.19. The van der Waals surface area contributed by atoms with Gasteiger partial charge in [-0.25, -0.2) is 0 Å². The molecule has 0 bridgehead atoms. The Bertz CT molecular complexity index is 112. The van der Waals surface area contributed by atoms with E-state index in [9.17, 15) is 0 Å². The van der Waals surface area contributed by atoms with Crippen molar-refractivity contribution in [1.82, 2.24) is 0 Å². The van der Waals surface area contributed by atoms with Crippen LogP contribution in [-0.4, -0.2) is 5.88 Å². The molecule has 1 aliphatic carbocycles. The van der Waals surface area contributed by atoms with Gasteiger partial charge in [-0.2, -0.15) is 0 Å². The molecule has 0 heterocycles. The molecule has 12 heavy (non-hydrogen) atoms. The fourth-order valence-corrected chi connectivity index (χ4v) is 2.56. The third kappa shape index (κ3) is 3.35. The second kappa shape index (κ2) is 5.85. The molecule has 1 rings (SSSR count). The Hall–Kier alpha value is 0.290. The van der Waals surface area contributed by atoms with Crippen molar-refractivity contribution in [1.29, 1.82) is 0 Å². The van der Waals surface area contributed by atoms with Crippen molar-refractivity contribution in [3.05, 3.63) is 0 Å². The van der Waals surface area contributed by atoms with Crippen molar-refractivity contribution < 1.29 is 0 Å². The molecule has 1 saturated carbocycles. The third-order valence-electron chi connectivity index (χ3n) is 3.21. The van der Waals surface area contributed by atoms with Crippen LogP contribution in [0.15, 0.2) is 0 Å². The normalized spacial score (nSPS) is 30.5. The number of alkyl halides is 1. The SMILES string of the molecule is CCC1CCCC(CCCCl)C1. The molecule has 0 nitrogen and oxygen atoms in total. The fraction of sp³-hybridized carbons (Fsp3) is 1.00. The van der Waals surface area contributed by atoms with Gasteiger partial charge in [0.25, 0.3) is 0 Å². The number of halogens is 1. The molecule has 0 saturated heterocycles. The lowest BCUT2D eigenvalue weighted by Crippen LogP contribution is -2.14. The summed E-state index contributed by atoms with van der Waals surface area (Å²) in [5.41, 5.74) is 0. The van der Waals surface area contributed by atoms with E-state index in [4.69, 9.17) is 11.6 Å². The molecular weight excluding hydrogens is 168 g/mol. The fourth-order valence-electron chi connectivity index (χ4n) is 2.40. The van der Waals surface area contributed by atoms with Gasteiger partial charge in [0.05, 0.1) is 0 Å². The van der Waals surface area contributed by atoms with Gasteiger partial charge in [-0.3, -0.25) is 0 Å². The van der Waals surface area contributed by atoms with E-state index >= 15 is 0 Å². The molecular formula is C11H21Cl. The highest BCUT2D eigenvalue weighted by Gasteiger charge is 2.19. The van der Waals surface area contributed by atoms with Crippen molar-refractivity contribution in [3.63, 3.8) is 0 Å². The highest BCUT2D eigenvalue weighted by atomic mass is 35.5. The molecule has 2 atom stereocenters. The smallest absolute Gasteiger partial charge is 0.0223 e. The highest BCUT2D eigenvalue weighted by Crippen LogP contribution is 2.33. The van der Waals surface area contributed by atoms with Gasteiger partial charge >= 0.3 is 0 Å². The van der Waals surface area contributed by atoms with Crippen LogP contribution in [0.3, 0.4) is 0 Å². The van der Waals surface area contributed by atoms with Gasteiger partial charge in [0.2, 0.25) is 0 Å². The Labute approximate surface area is 81.7 Å². The monoisotopic (exact) mass is 188 g/mol. The first-order chi connectivity index (χ1) is 5.86. The number of rotatable bonds is 4. The van der Waals surface area contributed by atoms with Gasteiger partial charge in [0, 0.05) is 5.88 Å². The van der Waals surface area contributed by atoms with Gasteiger partial charge in [-0.1, -0.05) is 32.6 Å². The van der Waals surface area contributed by atoms with E-state index in [1.165, 1.54) is 44.9 Å². The van der Waals surface area contributed by atoms with Crippen molar-refractivity contribution >= 4 is 11.6 Å². The van der Waals surface area contributed by atoms with Crippen LogP contribution >= 0.6 is 11.6 Å². The van der Waals surface area contributed by atoms with Crippen LogP contribution in [0.25, 0.3) is 0 Å². The number of hydrogen-bond acceptors (Lipinski definition) is 0. The Balaban J connectivity index is 2.16. The van der Waals surface area contributed by atoms with E-state index in [2.05, 4.69) is 6.92 Å². The van der Waals surface area contributed by atoms with E-state index in [0.29, 0.717) is 0 Å². The minimum absolute atomic E-state index is 0.854. The summed E-state index contributed by atoms with van der Waals surface area (Å²) in [6.07, 6.45) is 9.88. The minimum Gasteiger partial charge on any atom is -0.127 e. The van der Waals surface area contributed by atoms with Crippen LogP contribution in [0.4, 0.5) is 0 Å². The Morgan fingerprint density at radius 1 is 1.25 bits per heavy atom. The van der Waals surface area contributed by atoms with Crippen LogP contribution < -0.4 is 0 Å². The first-order valence-electron chi connectivity index (χ1n) is 5.42. The van der Waals surface area contributed by atoms with Gasteiger partial charge < -0.3 is 0 Å². The third-order valence-corrected chi connectivity index (χ3v) is 3.48. The zero-order valence-corrected chi connectivity index (χ0v) is 8.95. The van der Waals surface area contributed by atoms with Gasteiger partial charge in [0.15, 0.2) is 0 Å². The van der Waals surface area contributed by atoms with Gasteiger partial charge in [-0.15, -0.1) is 11.6 Å². The summed E-state index contributed by atoms with van der Waals surface area (Å²) in [4.78, 5) is 0. The Morgan fingerprint density at radius 2 is 2.00 bits per heavy atom. The predicted octanol–water partition coefficient (Wildman–Crippen LogP) is 4.22. The predicted molar refractivity (Wildman–Crippen MR) is 55.7 cm³/mol. The summed E-state index contributed by atoms with van der Waals surface area (Å²) in [5.74, 6) is 2.88. The van der Waals surface area contributed by atoms with Crippen LogP contribution in [-0.2, 0) is 0 Å². The molecule has 1 heteroatoms. The number of hydrogen-bond donors (Lipinski definition) is 0. The molecule has 0 aromatic heterocycles. The summed E-state index contributed by atoms with van der Waals surface area (Å²) in [7, 11) is 0. The molecule has 2 unspecified atom stereocenters. The van der Waals surface area contributed by atoms with Gasteiger partial charge in [0.1, 0.15) is 0 Å². The lowest BCUT2D eigenvalue weighted by atomic mass is 9.78. The van der Waals surface area contributed by atoms with E-state index in [1.807, 2.05) is 0 Å². The largest absolute Gasteiger partial charge is 0.127 e. The summed E-state index contributed by atoms with van der Waals surface area (Å²) in [6.45, 7) is 2.33. The first-order valence-corrected chi connectivity index (χ1v) is 5.96. The Kier molecular flexibility index (Phi) is 5.06. The van der Waals surface area contributed by atoms with Crippen LogP contribution in [0.5, 0.6) is 0 Å². The maximum atomic E-state index is 5.69. The zero-order chi connectivity index (χ0) is 8.81. The second-order valence-corrected chi connectivity index (χ2v) is 4.52. The maximum absolute atomic E-state index is 5.69. The second-order valence-electron chi connectivity index (χ2n) is 4.14. The molecule has 0 amide bonds. The summed E-state index contributed by atoms with van der Waals surface area (Å²) < 4.78 is 0. The van der Waals surface area contributed by atoms with Crippen LogP contribution in [0, 0.1) is 11.8 Å². The maximum Gasteiger partial charge on any atom is 0.0223 e. The van der Waals surface area contributed by atoms with Crippen LogP contribution in [0.2, 0.25) is 0 Å². The minimum atomic E-state index is 0.854. The molecule has 0 spiro atoms. The molecule has 1 aliphatic rings. The Morgan fingerprint density at radius 3 is 2.67 bits per heavy atom. The summed E-state index contributed by atoms with van der Waals surface area (Å²) in [5, 5.41) is 0. The van der Waals surface area contributed by atoms with Crippen LogP contribution in [0.1, 0.15) is 51.9 Å². The van der Waals surface area contributed by atoms with Gasteiger partial charge in [-0.05, 0) is 31.1 Å². The molecule has 0 aromatic rings. The van der Waals surface area contributed by atoms with E-state index in [0.717, 1.165) is 17.7 Å². The molecule has 72 valence electrons. The molecule has 1 fully saturated rings. The molecule has 0 N–H and O–H groups in total. The standard InChI is InChI=1S/C11H21Cl/c1-2-10-5-3-6-11(9-10)7-4-8-12/h10-11H,2-9H2,1H3. The lowest BCUT2D eigenvalue weighted by Gasteiger charge is -2.28. The average molecular weight is 189 g/mol. The molecule has 0 aliphatic heterocycles. The van der Waals surface area contributed by atoms with Crippen molar-refractivity contribution in [3.8, 4) is 0 Å². The van der Waals surface area contributed by atoms with Crippen molar-refractivity contribution in [2.24, 2.45) is 11.8 Å². The highest BCUT2D eigenvalue weighted by molar-refractivity contribution is 6.17. The quantitative estimate of drug-likeness (QED) is 0.580. The molecule has 0 aromatic carbocycles. The van der Waals surface area contributed by atoms with E-state index in [-0.39, 0.29) is 0 Å². The van der Waals surface area contributed by atoms with Crippen molar-refractivity contribution in [2.75, 3.05) is 5.88 Å².